The van der Waals surface area contributed by atoms with E-state index in [9.17, 15) is 9.59 Å². The topological polar surface area (TPSA) is 55.9 Å². The first-order valence-electron chi connectivity index (χ1n) is 9.53. The molecular weight excluding hydrogens is 328 g/mol. The second-order valence-corrected chi connectivity index (χ2v) is 7.61. The molecule has 0 spiro atoms. The van der Waals surface area contributed by atoms with Crippen LogP contribution in [0.2, 0.25) is 0 Å². The molecule has 2 saturated heterocycles. The molecule has 0 aromatic heterocycles. The second kappa shape index (κ2) is 8.64. The summed E-state index contributed by atoms with van der Waals surface area (Å²) in [6, 6.07) is 8.61. The molecule has 1 aromatic carbocycles. The molecule has 1 N–H and O–H groups in total. The molecule has 2 fully saturated rings. The zero-order valence-electron chi connectivity index (χ0n) is 15.9. The molecular formula is C20H30N4O2. The standard InChI is InChI=1S/C20H30N4O2/c1-22(2)18-9-11-23(14-18)15-19(25)21-12-16-6-3-4-7-17(16)13-24-10-5-8-20(24)26/h3-4,6-7,18H,5,8-15H2,1-2H3,(H,21,25)/t18-/m0/s1. The molecule has 0 radical (unpaired) electrons. The van der Waals surface area contributed by atoms with Crippen molar-refractivity contribution >= 4 is 11.8 Å². The minimum atomic E-state index is 0.0662. The fraction of sp³-hybridized carbons (Fsp3) is 0.600. The van der Waals surface area contributed by atoms with E-state index >= 15 is 0 Å². The van der Waals surface area contributed by atoms with Gasteiger partial charge in [-0.1, -0.05) is 24.3 Å². The number of amides is 2. The Labute approximate surface area is 156 Å². The number of likely N-dealkylation sites (tertiary alicyclic amines) is 2. The monoisotopic (exact) mass is 358 g/mol. The summed E-state index contributed by atoms with van der Waals surface area (Å²) >= 11 is 0. The van der Waals surface area contributed by atoms with Gasteiger partial charge < -0.3 is 15.1 Å². The largest absolute Gasteiger partial charge is 0.351 e. The Kier molecular flexibility index (Phi) is 6.27. The maximum Gasteiger partial charge on any atom is 0.234 e. The molecule has 1 atom stereocenters. The maximum atomic E-state index is 12.3. The summed E-state index contributed by atoms with van der Waals surface area (Å²) in [5, 5.41) is 3.05. The van der Waals surface area contributed by atoms with E-state index in [4.69, 9.17) is 0 Å². The van der Waals surface area contributed by atoms with Crippen LogP contribution in [0.15, 0.2) is 24.3 Å². The predicted octanol–water partition coefficient (Wildman–Crippen LogP) is 1.06. The normalized spacial score (nSPS) is 21.0. The third-order valence-electron chi connectivity index (χ3n) is 5.47. The molecule has 0 saturated carbocycles. The average molecular weight is 358 g/mol. The highest BCUT2D eigenvalue weighted by atomic mass is 16.2. The Bertz CT molecular complexity index is 646. The Morgan fingerprint density at radius 3 is 2.65 bits per heavy atom. The van der Waals surface area contributed by atoms with Gasteiger partial charge in [-0.3, -0.25) is 14.5 Å². The van der Waals surface area contributed by atoms with Crippen molar-refractivity contribution < 1.29 is 9.59 Å². The highest BCUT2D eigenvalue weighted by molar-refractivity contribution is 5.78. The SMILES string of the molecule is CN(C)[C@H]1CCN(CC(=O)NCc2ccccc2CN2CCCC2=O)C1. The van der Waals surface area contributed by atoms with Crippen LogP contribution in [0.1, 0.15) is 30.4 Å². The Hall–Kier alpha value is -1.92. The number of nitrogens with one attached hydrogen (secondary N) is 1. The number of nitrogens with zero attached hydrogens (tertiary/aromatic N) is 3. The van der Waals surface area contributed by atoms with Crippen molar-refractivity contribution in [1.29, 1.82) is 0 Å². The van der Waals surface area contributed by atoms with Crippen LogP contribution >= 0.6 is 0 Å². The van der Waals surface area contributed by atoms with Crippen LogP contribution in [0.3, 0.4) is 0 Å². The van der Waals surface area contributed by atoms with E-state index < -0.39 is 0 Å². The molecule has 142 valence electrons. The summed E-state index contributed by atoms with van der Waals surface area (Å²) in [5.41, 5.74) is 2.21. The van der Waals surface area contributed by atoms with E-state index in [1.54, 1.807) is 0 Å². The predicted molar refractivity (Wildman–Crippen MR) is 101 cm³/mol. The molecule has 0 aliphatic carbocycles. The molecule has 2 heterocycles. The quantitative estimate of drug-likeness (QED) is 0.792. The van der Waals surface area contributed by atoms with Crippen LogP contribution < -0.4 is 5.32 Å². The zero-order valence-corrected chi connectivity index (χ0v) is 15.9. The Morgan fingerprint density at radius 1 is 1.23 bits per heavy atom. The zero-order chi connectivity index (χ0) is 18.5. The molecule has 3 rings (SSSR count). The van der Waals surface area contributed by atoms with E-state index in [2.05, 4.69) is 35.3 Å². The van der Waals surface area contributed by atoms with Gasteiger partial charge in [-0.15, -0.1) is 0 Å². The van der Waals surface area contributed by atoms with Crippen molar-refractivity contribution in [2.75, 3.05) is 40.3 Å². The lowest BCUT2D eigenvalue weighted by molar-refractivity contribution is -0.128. The van der Waals surface area contributed by atoms with Crippen molar-refractivity contribution in [3.8, 4) is 0 Å². The van der Waals surface area contributed by atoms with E-state index in [1.165, 1.54) is 0 Å². The number of rotatable bonds is 7. The van der Waals surface area contributed by atoms with Crippen LogP contribution in [0.25, 0.3) is 0 Å². The van der Waals surface area contributed by atoms with Crippen LogP contribution in [0.5, 0.6) is 0 Å². The molecule has 26 heavy (non-hydrogen) atoms. The van der Waals surface area contributed by atoms with Crippen molar-refractivity contribution in [2.24, 2.45) is 0 Å². The van der Waals surface area contributed by atoms with Gasteiger partial charge in [0.25, 0.3) is 0 Å². The third kappa shape index (κ3) is 4.83. The molecule has 0 unspecified atom stereocenters. The number of hydrogen-bond donors (Lipinski definition) is 1. The van der Waals surface area contributed by atoms with E-state index in [0.29, 0.717) is 32.1 Å². The van der Waals surface area contributed by atoms with Gasteiger partial charge in [0.05, 0.1) is 6.54 Å². The summed E-state index contributed by atoms with van der Waals surface area (Å²) in [6.45, 7) is 4.38. The number of benzene rings is 1. The van der Waals surface area contributed by atoms with Crippen molar-refractivity contribution in [1.82, 2.24) is 20.0 Å². The van der Waals surface area contributed by atoms with Crippen LogP contribution in [0.4, 0.5) is 0 Å². The van der Waals surface area contributed by atoms with Gasteiger partial charge >= 0.3 is 0 Å². The molecule has 2 aliphatic rings. The van der Waals surface area contributed by atoms with Crippen LogP contribution in [-0.4, -0.2) is 72.8 Å². The minimum absolute atomic E-state index is 0.0662. The lowest BCUT2D eigenvalue weighted by Crippen LogP contribution is -2.38. The number of likely N-dealkylation sites (N-methyl/N-ethyl adjacent to an activating group) is 1. The van der Waals surface area contributed by atoms with Gasteiger partial charge in [-0.25, -0.2) is 0 Å². The van der Waals surface area contributed by atoms with Gasteiger partial charge in [-0.05, 0) is 38.1 Å². The summed E-state index contributed by atoms with van der Waals surface area (Å²) in [4.78, 5) is 30.6. The number of carbonyl (C=O) groups is 2. The third-order valence-corrected chi connectivity index (χ3v) is 5.47. The number of hydrogen-bond acceptors (Lipinski definition) is 4. The smallest absolute Gasteiger partial charge is 0.234 e. The van der Waals surface area contributed by atoms with Gasteiger partial charge in [0, 0.05) is 45.2 Å². The van der Waals surface area contributed by atoms with E-state index in [-0.39, 0.29) is 11.8 Å². The van der Waals surface area contributed by atoms with Gasteiger partial charge in [-0.2, -0.15) is 0 Å². The Balaban J connectivity index is 1.50. The fourth-order valence-corrected chi connectivity index (χ4v) is 3.79. The first-order valence-corrected chi connectivity index (χ1v) is 9.53. The van der Waals surface area contributed by atoms with Crippen LogP contribution in [0, 0.1) is 0 Å². The lowest BCUT2D eigenvalue weighted by Gasteiger charge is -2.20. The summed E-state index contributed by atoms with van der Waals surface area (Å²) in [5.74, 6) is 0.296. The molecule has 1 aromatic rings. The van der Waals surface area contributed by atoms with E-state index in [0.717, 1.165) is 43.6 Å². The summed E-state index contributed by atoms with van der Waals surface area (Å²) in [7, 11) is 4.19. The van der Waals surface area contributed by atoms with Gasteiger partial charge in [0.1, 0.15) is 0 Å². The maximum absolute atomic E-state index is 12.3. The van der Waals surface area contributed by atoms with Gasteiger partial charge in [0.15, 0.2) is 0 Å². The lowest BCUT2D eigenvalue weighted by atomic mass is 10.1. The van der Waals surface area contributed by atoms with Crippen molar-refractivity contribution in [3.05, 3.63) is 35.4 Å². The fourth-order valence-electron chi connectivity index (χ4n) is 3.79. The minimum Gasteiger partial charge on any atom is -0.351 e. The second-order valence-electron chi connectivity index (χ2n) is 7.61. The molecule has 6 heteroatoms. The summed E-state index contributed by atoms with van der Waals surface area (Å²) in [6.07, 6.45) is 2.72. The molecule has 2 amide bonds. The Morgan fingerprint density at radius 2 is 2.00 bits per heavy atom. The highest BCUT2D eigenvalue weighted by Gasteiger charge is 2.25. The van der Waals surface area contributed by atoms with Crippen LogP contribution in [-0.2, 0) is 22.7 Å². The highest BCUT2D eigenvalue weighted by Crippen LogP contribution is 2.17. The molecule has 0 bridgehead atoms. The first kappa shape index (κ1) is 18.9. The average Bonchev–Trinajstić information content (AvgIpc) is 3.24. The van der Waals surface area contributed by atoms with Gasteiger partial charge in [0.2, 0.25) is 11.8 Å². The summed E-state index contributed by atoms with van der Waals surface area (Å²) < 4.78 is 0. The number of carbonyl (C=O) groups excluding carboxylic acids is 2. The first-order chi connectivity index (χ1) is 12.5. The molecule has 6 nitrogen and oxygen atoms in total. The van der Waals surface area contributed by atoms with E-state index in [1.807, 2.05) is 23.1 Å². The molecule has 2 aliphatic heterocycles. The van der Waals surface area contributed by atoms with Crippen molar-refractivity contribution in [3.63, 3.8) is 0 Å². The van der Waals surface area contributed by atoms with Crippen molar-refractivity contribution in [2.45, 2.75) is 38.4 Å².